The number of hydrogen-bond acceptors (Lipinski definition) is 4. The van der Waals surface area contributed by atoms with Crippen LogP contribution in [0.25, 0.3) is 11.3 Å². The summed E-state index contributed by atoms with van der Waals surface area (Å²) < 4.78 is 28.1. The molecule has 0 atom stereocenters. The zero-order chi connectivity index (χ0) is 17.3. The van der Waals surface area contributed by atoms with Crippen LogP contribution in [0.15, 0.2) is 52.7 Å². The first-order valence-corrected chi connectivity index (χ1v) is 9.91. The molecule has 0 fully saturated rings. The zero-order valence-corrected chi connectivity index (χ0v) is 15.5. The standard InChI is InChI=1S/C17H15ClN2O2S2/c1-11-6-7-13(16-10-23-12(2)19-16)8-17(11)24(21,22)20-15-5-3-4-14(18)9-15/h3-10,20H,1-2H3. The number of aryl methyl sites for hydroxylation is 2. The quantitative estimate of drug-likeness (QED) is 0.703. The van der Waals surface area contributed by atoms with Gasteiger partial charge in [-0.3, -0.25) is 4.72 Å². The maximum atomic E-state index is 12.8. The molecule has 24 heavy (non-hydrogen) atoms. The number of nitrogens with zero attached hydrogens (tertiary/aromatic N) is 1. The van der Waals surface area contributed by atoms with Gasteiger partial charge in [-0.15, -0.1) is 11.3 Å². The molecule has 0 bridgehead atoms. The number of anilines is 1. The van der Waals surface area contributed by atoms with E-state index < -0.39 is 10.0 Å². The van der Waals surface area contributed by atoms with E-state index >= 15 is 0 Å². The highest BCUT2D eigenvalue weighted by molar-refractivity contribution is 7.92. The third-order valence-electron chi connectivity index (χ3n) is 3.47. The van der Waals surface area contributed by atoms with Gasteiger partial charge >= 0.3 is 0 Å². The van der Waals surface area contributed by atoms with Crippen molar-refractivity contribution in [1.82, 2.24) is 4.98 Å². The van der Waals surface area contributed by atoms with Crippen LogP contribution in [0.3, 0.4) is 0 Å². The van der Waals surface area contributed by atoms with Crippen molar-refractivity contribution in [3.8, 4) is 11.3 Å². The molecule has 0 aliphatic carbocycles. The van der Waals surface area contributed by atoms with Crippen molar-refractivity contribution in [3.63, 3.8) is 0 Å². The van der Waals surface area contributed by atoms with Crippen molar-refractivity contribution < 1.29 is 8.42 Å². The first-order valence-electron chi connectivity index (χ1n) is 7.17. The molecule has 0 unspecified atom stereocenters. The largest absolute Gasteiger partial charge is 0.280 e. The van der Waals surface area contributed by atoms with Crippen molar-refractivity contribution in [2.45, 2.75) is 18.7 Å². The van der Waals surface area contributed by atoms with Gasteiger partial charge in [-0.05, 0) is 43.7 Å². The third kappa shape index (κ3) is 3.61. The van der Waals surface area contributed by atoms with E-state index in [2.05, 4.69) is 9.71 Å². The summed E-state index contributed by atoms with van der Waals surface area (Å²) in [6.45, 7) is 3.68. The van der Waals surface area contributed by atoms with Crippen molar-refractivity contribution in [2.24, 2.45) is 0 Å². The molecule has 2 aromatic carbocycles. The second-order valence-electron chi connectivity index (χ2n) is 5.35. The van der Waals surface area contributed by atoms with E-state index in [1.165, 1.54) is 11.3 Å². The van der Waals surface area contributed by atoms with E-state index in [0.717, 1.165) is 16.3 Å². The maximum Gasteiger partial charge on any atom is 0.262 e. The number of aromatic nitrogens is 1. The van der Waals surface area contributed by atoms with Crippen LogP contribution < -0.4 is 4.72 Å². The lowest BCUT2D eigenvalue weighted by Crippen LogP contribution is -2.14. The summed E-state index contributed by atoms with van der Waals surface area (Å²) in [7, 11) is -3.72. The molecule has 0 amide bonds. The Labute approximate surface area is 150 Å². The van der Waals surface area contributed by atoms with Gasteiger partial charge in [-0.25, -0.2) is 13.4 Å². The van der Waals surface area contributed by atoms with Crippen LogP contribution in [-0.4, -0.2) is 13.4 Å². The number of thiazole rings is 1. The van der Waals surface area contributed by atoms with Gasteiger partial charge in [-0.1, -0.05) is 29.8 Å². The van der Waals surface area contributed by atoms with Gasteiger partial charge < -0.3 is 0 Å². The van der Waals surface area contributed by atoms with E-state index in [9.17, 15) is 8.42 Å². The minimum atomic E-state index is -3.72. The van der Waals surface area contributed by atoms with E-state index in [4.69, 9.17) is 11.6 Å². The summed E-state index contributed by atoms with van der Waals surface area (Å²) in [5.74, 6) is 0. The Morgan fingerprint density at radius 3 is 2.58 bits per heavy atom. The Balaban J connectivity index is 2.01. The van der Waals surface area contributed by atoms with E-state index in [1.54, 1.807) is 43.3 Å². The minimum absolute atomic E-state index is 0.227. The summed E-state index contributed by atoms with van der Waals surface area (Å²) in [6, 6.07) is 11.9. The number of sulfonamides is 1. The van der Waals surface area contributed by atoms with Crippen molar-refractivity contribution in [3.05, 3.63) is 63.4 Å². The van der Waals surface area contributed by atoms with Crippen LogP contribution >= 0.6 is 22.9 Å². The fourth-order valence-corrected chi connectivity index (χ4v) is 4.44. The highest BCUT2D eigenvalue weighted by Gasteiger charge is 2.18. The molecule has 1 heterocycles. The average molecular weight is 379 g/mol. The predicted molar refractivity (Wildman–Crippen MR) is 99.3 cm³/mol. The van der Waals surface area contributed by atoms with Gasteiger partial charge in [0.25, 0.3) is 10.0 Å². The fraction of sp³-hybridized carbons (Fsp3) is 0.118. The summed E-state index contributed by atoms with van der Waals surface area (Å²) >= 11 is 7.45. The lowest BCUT2D eigenvalue weighted by molar-refractivity contribution is 0.600. The van der Waals surface area contributed by atoms with Crippen LogP contribution in [-0.2, 0) is 10.0 Å². The van der Waals surface area contributed by atoms with E-state index in [0.29, 0.717) is 16.3 Å². The SMILES string of the molecule is Cc1nc(-c2ccc(C)c(S(=O)(=O)Nc3cccc(Cl)c3)c2)cs1. The second-order valence-corrected chi connectivity index (χ2v) is 8.50. The van der Waals surface area contributed by atoms with Gasteiger partial charge in [0, 0.05) is 16.0 Å². The summed E-state index contributed by atoms with van der Waals surface area (Å²) in [4.78, 5) is 4.64. The fourth-order valence-electron chi connectivity index (χ4n) is 2.31. The molecule has 7 heteroatoms. The molecular formula is C17H15ClN2O2S2. The van der Waals surface area contributed by atoms with Crippen LogP contribution in [0.4, 0.5) is 5.69 Å². The predicted octanol–water partition coefficient (Wildman–Crippen LogP) is 4.88. The molecule has 0 aliphatic rings. The van der Waals surface area contributed by atoms with Crippen LogP contribution in [0.5, 0.6) is 0 Å². The molecule has 0 saturated carbocycles. The topological polar surface area (TPSA) is 59.1 Å². The van der Waals surface area contributed by atoms with Crippen LogP contribution in [0.2, 0.25) is 5.02 Å². The molecule has 3 rings (SSSR count). The van der Waals surface area contributed by atoms with Gasteiger partial charge in [-0.2, -0.15) is 0 Å². The Morgan fingerprint density at radius 2 is 1.92 bits per heavy atom. The van der Waals surface area contributed by atoms with Gasteiger partial charge in [0.05, 0.1) is 21.3 Å². The molecule has 1 aromatic heterocycles. The molecule has 4 nitrogen and oxygen atoms in total. The number of halogens is 1. The van der Waals surface area contributed by atoms with Gasteiger partial charge in [0.15, 0.2) is 0 Å². The zero-order valence-electron chi connectivity index (χ0n) is 13.1. The lowest BCUT2D eigenvalue weighted by atomic mass is 10.1. The number of nitrogens with one attached hydrogen (secondary N) is 1. The monoisotopic (exact) mass is 378 g/mol. The molecule has 3 aromatic rings. The first-order chi connectivity index (χ1) is 11.3. The molecule has 0 spiro atoms. The number of benzene rings is 2. The van der Waals surface area contributed by atoms with Gasteiger partial charge in [0.1, 0.15) is 0 Å². The van der Waals surface area contributed by atoms with Crippen LogP contribution in [0, 0.1) is 13.8 Å². The second kappa shape index (κ2) is 6.55. The van der Waals surface area contributed by atoms with Crippen molar-refractivity contribution in [1.29, 1.82) is 0 Å². The summed E-state index contributed by atoms with van der Waals surface area (Å²) in [6.07, 6.45) is 0. The molecule has 1 N–H and O–H groups in total. The molecule has 0 saturated heterocycles. The number of rotatable bonds is 4. The Hall–Kier alpha value is -1.89. The average Bonchev–Trinajstić information content (AvgIpc) is 2.93. The Kier molecular flexibility index (Phi) is 4.62. The highest BCUT2D eigenvalue weighted by Crippen LogP contribution is 2.27. The van der Waals surface area contributed by atoms with Crippen molar-refractivity contribution >= 4 is 38.6 Å². The molecule has 0 aliphatic heterocycles. The third-order valence-corrected chi connectivity index (χ3v) is 6.00. The lowest BCUT2D eigenvalue weighted by Gasteiger charge is -2.12. The summed E-state index contributed by atoms with van der Waals surface area (Å²) in [5.41, 5.74) is 2.64. The van der Waals surface area contributed by atoms with E-state index in [1.807, 2.05) is 18.4 Å². The van der Waals surface area contributed by atoms with Gasteiger partial charge in [0.2, 0.25) is 0 Å². The molecule has 0 radical (unpaired) electrons. The Bertz CT molecular complexity index is 997. The van der Waals surface area contributed by atoms with Crippen LogP contribution in [0.1, 0.15) is 10.6 Å². The maximum absolute atomic E-state index is 12.8. The normalized spacial score (nSPS) is 11.5. The minimum Gasteiger partial charge on any atom is -0.280 e. The molecular weight excluding hydrogens is 364 g/mol. The highest BCUT2D eigenvalue weighted by atomic mass is 35.5. The smallest absolute Gasteiger partial charge is 0.262 e. The first kappa shape index (κ1) is 17.0. The van der Waals surface area contributed by atoms with E-state index in [-0.39, 0.29) is 4.90 Å². The Morgan fingerprint density at radius 1 is 1.12 bits per heavy atom. The number of hydrogen-bond donors (Lipinski definition) is 1. The van der Waals surface area contributed by atoms with Crippen molar-refractivity contribution in [2.75, 3.05) is 4.72 Å². The summed E-state index contributed by atoms with van der Waals surface area (Å²) in [5, 5.41) is 3.33. The molecule has 124 valence electrons.